The van der Waals surface area contributed by atoms with E-state index in [-0.39, 0.29) is 0 Å². The van der Waals surface area contributed by atoms with Crippen LogP contribution in [0.3, 0.4) is 0 Å². The van der Waals surface area contributed by atoms with Gasteiger partial charge < -0.3 is 5.73 Å². The highest BCUT2D eigenvalue weighted by molar-refractivity contribution is 9.10. The van der Waals surface area contributed by atoms with Gasteiger partial charge in [0.2, 0.25) is 0 Å². The molecule has 0 bridgehead atoms. The molecule has 0 aliphatic carbocycles. The summed E-state index contributed by atoms with van der Waals surface area (Å²) in [6.45, 7) is 0.558. The third-order valence-corrected chi connectivity index (χ3v) is 4.62. The molecule has 0 spiro atoms. The number of hydrogen-bond donors (Lipinski definition) is 1. The zero-order valence-corrected chi connectivity index (χ0v) is 12.9. The van der Waals surface area contributed by atoms with Gasteiger partial charge in [-0.15, -0.1) is 11.8 Å². The molecular formula is C14H13BrClNS. The minimum atomic E-state index is 0.558. The summed E-state index contributed by atoms with van der Waals surface area (Å²) >= 11 is 11.2. The van der Waals surface area contributed by atoms with Crippen molar-refractivity contribution in [1.82, 2.24) is 0 Å². The monoisotopic (exact) mass is 341 g/mol. The van der Waals surface area contributed by atoms with E-state index >= 15 is 0 Å². The Morgan fingerprint density at radius 1 is 1.11 bits per heavy atom. The molecule has 2 rings (SSSR count). The first kappa shape index (κ1) is 13.9. The van der Waals surface area contributed by atoms with Crippen molar-refractivity contribution in [3.8, 4) is 0 Å². The molecule has 2 aromatic carbocycles. The van der Waals surface area contributed by atoms with Crippen molar-refractivity contribution in [1.29, 1.82) is 0 Å². The summed E-state index contributed by atoms with van der Waals surface area (Å²) in [7, 11) is 0. The summed E-state index contributed by atoms with van der Waals surface area (Å²) in [6, 6.07) is 14.2. The van der Waals surface area contributed by atoms with Crippen LogP contribution in [0.2, 0.25) is 5.02 Å². The summed E-state index contributed by atoms with van der Waals surface area (Å²) in [5.41, 5.74) is 8.03. The van der Waals surface area contributed by atoms with Gasteiger partial charge in [-0.3, -0.25) is 0 Å². The van der Waals surface area contributed by atoms with Crippen molar-refractivity contribution in [3.63, 3.8) is 0 Å². The lowest BCUT2D eigenvalue weighted by molar-refractivity contribution is 1.05. The predicted octanol–water partition coefficient (Wildman–Crippen LogP) is 4.85. The number of halogens is 2. The van der Waals surface area contributed by atoms with Crippen molar-refractivity contribution in [2.24, 2.45) is 5.73 Å². The van der Waals surface area contributed by atoms with Crippen LogP contribution in [0.15, 0.2) is 51.8 Å². The van der Waals surface area contributed by atoms with Crippen LogP contribution in [0.1, 0.15) is 11.1 Å². The molecule has 2 N–H and O–H groups in total. The van der Waals surface area contributed by atoms with Gasteiger partial charge in [0.1, 0.15) is 0 Å². The molecule has 1 nitrogen and oxygen atoms in total. The standard InChI is InChI=1S/C14H13BrClNS/c15-14-7-13(6-3-11(14)8-17)18-9-10-1-4-12(16)5-2-10/h1-7H,8-9,17H2. The molecule has 0 atom stereocenters. The lowest BCUT2D eigenvalue weighted by atomic mass is 10.2. The van der Waals surface area contributed by atoms with E-state index in [0.29, 0.717) is 6.54 Å². The van der Waals surface area contributed by atoms with E-state index in [1.807, 2.05) is 12.1 Å². The molecule has 0 fully saturated rings. The highest BCUT2D eigenvalue weighted by Crippen LogP contribution is 2.28. The summed E-state index contributed by atoms with van der Waals surface area (Å²) in [5, 5.41) is 0.777. The van der Waals surface area contributed by atoms with E-state index in [4.69, 9.17) is 17.3 Å². The Hall–Kier alpha value is -0.480. The Balaban J connectivity index is 2.02. The van der Waals surface area contributed by atoms with Crippen LogP contribution in [0.5, 0.6) is 0 Å². The van der Waals surface area contributed by atoms with Crippen LogP contribution in [-0.2, 0) is 12.3 Å². The average Bonchev–Trinajstić information content (AvgIpc) is 2.38. The van der Waals surface area contributed by atoms with Crippen molar-refractivity contribution < 1.29 is 0 Å². The second kappa shape index (κ2) is 6.62. The topological polar surface area (TPSA) is 26.0 Å². The summed E-state index contributed by atoms with van der Waals surface area (Å²) in [5.74, 6) is 0.936. The average molecular weight is 343 g/mol. The predicted molar refractivity (Wildman–Crippen MR) is 83.0 cm³/mol. The molecule has 0 aromatic heterocycles. The Labute approximate surface area is 125 Å². The Bertz CT molecular complexity index is 528. The van der Waals surface area contributed by atoms with E-state index in [2.05, 4.69) is 46.3 Å². The van der Waals surface area contributed by atoms with Crippen molar-refractivity contribution >= 4 is 39.3 Å². The van der Waals surface area contributed by atoms with Gasteiger partial charge in [-0.2, -0.15) is 0 Å². The minimum absolute atomic E-state index is 0.558. The fraction of sp³-hybridized carbons (Fsp3) is 0.143. The van der Waals surface area contributed by atoms with Crippen LogP contribution < -0.4 is 5.73 Å². The lowest BCUT2D eigenvalue weighted by Gasteiger charge is -2.06. The van der Waals surface area contributed by atoms with Gasteiger partial charge in [-0.25, -0.2) is 0 Å². The fourth-order valence-corrected chi connectivity index (χ4v) is 3.24. The summed E-state index contributed by atoms with van der Waals surface area (Å²) in [4.78, 5) is 1.23. The number of nitrogens with two attached hydrogens (primary N) is 1. The zero-order valence-electron chi connectivity index (χ0n) is 9.70. The number of benzene rings is 2. The van der Waals surface area contributed by atoms with Crippen LogP contribution in [0, 0.1) is 0 Å². The lowest BCUT2D eigenvalue weighted by Crippen LogP contribution is -1.96. The van der Waals surface area contributed by atoms with Gasteiger partial charge in [0.15, 0.2) is 0 Å². The fourth-order valence-electron chi connectivity index (χ4n) is 1.53. The first-order chi connectivity index (χ1) is 8.69. The maximum atomic E-state index is 5.86. The molecule has 0 unspecified atom stereocenters. The SMILES string of the molecule is NCc1ccc(SCc2ccc(Cl)cc2)cc1Br. The Kier molecular flexibility index (Phi) is 5.13. The minimum Gasteiger partial charge on any atom is -0.326 e. The van der Waals surface area contributed by atoms with E-state index < -0.39 is 0 Å². The first-order valence-corrected chi connectivity index (χ1v) is 7.70. The molecule has 0 amide bonds. The van der Waals surface area contributed by atoms with E-state index in [9.17, 15) is 0 Å². The third kappa shape index (κ3) is 3.75. The van der Waals surface area contributed by atoms with Crippen LogP contribution in [-0.4, -0.2) is 0 Å². The molecule has 0 heterocycles. The van der Waals surface area contributed by atoms with Gasteiger partial charge in [0, 0.05) is 26.7 Å². The number of hydrogen-bond acceptors (Lipinski definition) is 2. The van der Waals surface area contributed by atoms with Crippen LogP contribution in [0.4, 0.5) is 0 Å². The van der Waals surface area contributed by atoms with Gasteiger partial charge in [-0.1, -0.05) is 45.7 Å². The van der Waals surface area contributed by atoms with E-state index in [1.54, 1.807) is 11.8 Å². The van der Waals surface area contributed by atoms with Gasteiger partial charge in [0.25, 0.3) is 0 Å². The van der Waals surface area contributed by atoms with E-state index in [0.717, 1.165) is 20.8 Å². The van der Waals surface area contributed by atoms with Gasteiger partial charge in [0.05, 0.1) is 0 Å². The quantitative estimate of drug-likeness (QED) is 0.803. The van der Waals surface area contributed by atoms with Crippen LogP contribution in [0.25, 0.3) is 0 Å². The van der Waals surface area contributed by atoms with Crippen molar-refractivity contribution in [2.45, 2.75) is 17.2 Å². The Morgan fingerprint density at radius 3 is 2.44 bits per heavy atom. The van der Waals surface area contributed by atoms with Crippen molar-refractivity contribution in [3.05, 3.63) is 63.1 Å². The smallest absolute Gasteiger partial charge is 0.0406 e. The van der Waals surface area contributed by atoms with Crippen molar-refractivity contribution in [2.75, 3.05) is 0 Å². The molecule has 0 radical (unpaired) electrons. The second-order valence-corrected chi connectivity index (χ2v) is 6.21. The molecule has 0 saturated heterocycles. The highest BCUT2D eigenvalue weighted by atomic mass is 79.9. The normalized spacial score (nSPS) is 10.6. The number of rotatable bonds is 4. The Morgan fingerprint density at radius 2 is 1.83 bits per heavy atom. The maximum Gasteiger partial charge on any atom is 0.0406 e. The third-order valence-electron chi connectivity index (χ3n) is 2.56. The molecule has 2 aromatic rings. The molecule has 0 aliphatic rings. The second-order valence-electron chi connectivity index (χ2n) is 3.87. The van der Waals surface area contributed by atoms with Crippen LogP contribution >= 0.6 is 39.3 Å². The zero-order chi connectivity index (χ0) is 13.0. The van der Waals surface area contributed by atoms with Gasteiger partial charge in [-0.05, 0) is 35.4 Å². The highest BCUT2D eigenvalue weighted by Gasteiger charge is 2.01. The molecule has 94 valence electrons. The molecule has 0 saturated carbocycles. The largest absolute Gasteiger partial charge is 0.326 e. The molecular weight excluding hydrogens is 330 g/mol. The molecule has 4 heteroatoms. The molecule has 0 aliphatic heterocycles. The molecule has 18 heavy (non-hydrogen) atoms. The first-order valence-electron chi connectivity index (χ1n) is 5.55. The maximum absolute atomic E-state index is 5.86. The summed E-state index contributed by atoms with van der Waals surface area (Å²) < 4.78 is 1.08. The van der Waals surface area contributed by atoms with Gasteiger partial charge >= 0.3 is 0 Å². The summed E-state index contributed by atoms with van der Waals surface area (Å²) in [6.07, 6.45) is 0. The number of thioether (sulfide) groups is 1. The van der Waals surface area contributed by atoms with E-state index in [1.165, 1.54) is 10.5 Å².